The Labute approximate surface area is 121 Å². The molecule has 1 rings (SSSR count). The molecule has 0 aliphatic carbocycles. The topological polar surface area (TPSA) is 41.1 Å². The van der Waals surface area contributed by atoms with Gasteiger partial charge in [0.2, 0.25) is 0 Å². The normalized spacial score (nSPS) is 12.2. The van der Waals surface area contributed by atoms with Crippen molar-refractivity contribution in [2.24, 2.45) is 0 Å². The van der Waals surface area contributed by atoms with Crippen LogP contribution in [0, 0.1) is 0 Å². The van der Waals surface area contributed by atoms with E-state index in [1.165, 1.54) is 19.3 Å². The smallest absolute Gasteiger partial charge is 0.315 e. The molecular weight excluding hydrogens is 312 g/mol. The molecule has 102 valence electrons. The van der Waals surface area contributed by atoms with Crippen LogP contribution in [0.3, 0.4) is 0 Å². The summed E-state index contributed by atoms with van der Waals surface area (Å²) in [5.41, 5.74) is 0. The van der Waals surface area contributed by atoms with E-state index in [0.717, 1.165) is 15.8 Å². The molecule has 5 heteroatoms. The van der Waals surface area contributed by atoms with E-state index in [2.05, 4.69) is 40.4 Å². The van der Waals surface area contributed by atoms with Crippen molar-refractivity contribution in [2.45, 2.75) is 52.1 Å². The highest BCUT2D eigenvalue weighted by atomic mass is 79.9. The van der Waals surface area contributed by atoms with Crippen molar-refractivity contribution < 1.29 is 4.79 Å². The van der Waals surface area contributed by atoms with E-state index in [-0.39, 0.29) is 12.1 Å². The number of carbonyl (C=O) groups excluding carboxylic acids is 1. The van der Waals surface area contributed by atoms with E-state index in [1.54, 1.807) is 11.3 Å². The number of rotatable bonds is 7. The molecule has 18 heavy (non-hydrogen) atoms. The molecule has 0 spiro atoms. The third-order valence-corrected chi connectivity index (χ3v) is 4.36. The summed E-state index contributed by atoms with van der Waals surface area (Å²) in [7, 11) is 0. The van der Waals surface area contributed by atoms with E-state index in [9.17, 15) is 4.79 Å². The first-order chi connectivity index (χ1) is 8.61. The number of amides is 2. The van der Waals surface area contributed by atoms with Crippen molar-refractivity contribution >= 4 is 33.3 Å². The average Bonchev–Trinajstić information content (AvgIpc) is 2.73. The molecular formula is C13H21BrN2OS. The molecule has 3 nitrogen and oxygen atoms in total. The molecule has 0 radical (unpaired) electrons. The molecule has 2 amide bonds. The zero-order valence-corrected chi connectivity index (χ0v) is 13.4. The SMILES string of the molecule is CCCCCC(C)NC(=O)NCc1cc(Br)cs1. The number of nitrogens with one attached hydrogen (secondary N) is 2. The molecule has 1 aromatic heterocycles. The van der Waals surface area contributed by atoms with Crippen LogP contribution in [0.4, 0.5) is 4.79 Å². The number of carbonyl (C=O) groups is 1. The monoisotopic (exact) mass is 332 g/mol. The van der Waals surface area contributed by atoms with Crippen LogP contribution in [-0.4, -0.2) is 12.1 Å². The summed E-state index contributed by atoms with van der Waals surface area (Å²) in [6.07, 6.45) is 4.67. The number of thiophene rings is 1. The predicted molar refractivity (Wildman–Crippen MR) is 81.0 cm³/mol. The van der Waals surface area contributed by atoms with Gasteiger partial charge in [0.1, 0.15) is 0 Å². The van der Waals surface area contributed by atoms with Gasteiger partial charge in [0.25, 0.3) is 0 Å². The van der Waals surface area contributed by atoms with Gasteiger partial charge in [-0.25, -0.2) is 4.79 Å². The Morgan fingerprint density at radius 2 is 2.28 bits per heavy atom. The van der Waals surface area contributed by atoms with Crippen molar-refractivity contribution in [3.8, 4) is 0 Å². The lowest BCUT2D eigenvalue weighted by atomic mass is 10.1. The van der Waals surface area contributed by atoms with E-state index < -0.39 is 0 Å². The van der Waals surface area contributed by atoms with Gasteiger partial charge in [-0.1, -0.05) is 26.2 Å². The lowest BCUT2D eigenvalue weighted by Gasteiger charge is -2.14. The van der Waals surface area contributed by atoms with Crippen LogP contribution in [0.2, 0.25) is 0 Å². The molecule has 0 fully saturated rings. The average molecular weight is 333 g/mol. The summed E-state index contributed by atoms with van der Waals surface area (Å²) in [5.74, 6) is 0. The van der Waals surface area contributed by atoms with Crippen LogP contribution in [0.5, 0.6) is 0 Å². The highest BCUT2D eigenvalue weighted by Gasteiger charge is 2.06. The van der Waals surface area contributed by atoms with Crippen molar-refractivity contribution in [3.63, 3.8) is 0 Å². The first-order valence-electron chi connectivity index (χ1n) is 6.39. The minimum atomic E-state index is -0.0801. The summed E-state index contributed by atoms with van der Waals surface area (Å²) in [6, 6.07) is 2.19. The van der Waals surface area contributed by atoms with Crippen molar-refractivity contribution in [1.29, 1.82) is 0 Å². The highest BCUT2D eigenvalue weighted by molar-refractivity contribution is 9.10. The van der Waals surface area contributed by atoms with Crippen molar-refractivity contribution in [1.82, 2.24) is 10.6 Å². The van der Waals surface area contributed by atoms with E-state index >= 15 is 0 Å². The number of hydrogen-bond donors (Lipinski definition) is 2. The summed E-state index contributed by atoms with van der Waals surface area (Å²) < 4.78 is 1.07. The Balaban J connectivity index is 2.16. The van der Waals surface area contributed by atoms with Gasteiger partial charge in [0.15, 0.2) is 0 Å². The minimum Gasteiger partial charge on any atom is -0.336 e. The fourth-order valence-electron chi connectivity index (χ4n) is 1.66. The second-order valence-corrected chi connectivity index (χ2v) is 6.37. The van der Waals surface area contributed by atoms with Gasteiger partial charge in [-0.2, -0.15) is 0 Å². The predicted octanol–water partition coefficient (Wildman–Crippen LogP) is 4.28. The van der Waals surface area contributed by atoms with Crippen LogP contribution in [-0.2, 0) is 6.54 Å². The molecule has 0 saturated carbocycles. The molecule has 0 aliphatic rings. The zero-order valence-electron chi connectivity index (χ0n) is 11.0. The lowest BCUT2D eigenvalue weighted by molar-refractivity contribution is 0.236. The Morgan fingerprint density at radius 3 is 2.89 bits per heavy atom. The standard InChI is InChI=1S/C13H21BrN2OS/c1-3-4-5-6-10(2)16-13(17)15-8-12-7-11(14)9-18-12/h7,9-10H,3-6,8H2,1-2H3,(H2,15,16,17). The van der Waals surface area contributed by atoms with E-state index in [0.29, 0.717) is 6.54 Å². The highest BCUT2D eigenvalue weighted by Crippen LogP contribution is 2.19. The molecule has 2 N–H and O–H groups in total. The molecule has 1 aromatic rings. The summed E-state index contributed by atoms with van der Waals surface area (Å²) in [4.78, 5) is 12.8. The number of halogens is 1. The Morgan fingerprint density at radius 1 is 1.50 bits per heavy atom. The summed E-state index contributed by atoms with van der Waals surface area (Å²) >= 11 is 5.03. The maximum atomic E-state index is 11.6. The van der Waals surface area contributed by atoms with Gasteiger partial charge < -0.3 is 10.6 Å². The van der Waals surface area contributed by atoms with Gasteiger partial charge in [-0.15, -0.1) is 11.3 Å². The minimum absolute atomic E-state index is 0.0801. The molecule has 1 unspecified atom stereocenters. The van der Waals surface area contributed by atoms with Gasteiger partial charge in [-0.3, -0.25) is 0 Å². The molecule has 1 heterocycles. The maximum Gasteiger partial charge on any atom is 0.315 e. The van der Waals surface area contributed by atoms with Crippen LogP contribution < -0.4 is 10.6 Å². The maximum absolute atomic E-state index is 11.6. The van der Waals surface area contributed by atoms with Gasteiger partial charge in [0, 0.05) is 20.8 Å². The quantitative estimate of drug-likeness (QED) is 0.719. The van der Waals surface area contributed by atoms with Crippen LogP contribution >= 0.6 is 27.3 Å². The number of unbranched alkanes of at least 4 members (excludes halogenated alkanes) is 2. The zero-order chi connectivity index (χ0) is 13.4. The molecule has 1 atom stereocenters. The number of hydrogen-bond acceptors (Lipinski definition) is 2. The van der Waals surface area contributed by atoms with Crippen molar-refractivity contribution in [2.75, 3.05) is 0 Å². The van der Waals surface area contributed by atoms with Gasteiger partial charge >= 0.3 is 6.03 Å². The third-order valence-electron chi connectivity index (χ3n) is 2.66. The largest absolute Gasteiger partial charge is 0.336 e. The second kappa shape index (κ2) is 8.53. The van der Waals surface area contributed by atoms with E-state index in [1.807, 2.05) is 11.4 Å². The van der Waals surface area contributed by atoms with Crippen LogP contribution in [0.15, 0.2) is 15.9 Å². The number of urea groups is 1. The first-order valence-corrected chi connectivity index (χ1v) is 8.06. The molecule has 0 bridgehead atoms. The fourth-order valence-corrected chi connectivity index (χ4v) is 3.05. The summed E-state index contributed by atoms with van der Waals surface area (Å²) in [5, 5.41) is 7.85. The Kier molecular flexibility index (Phi) is 7.35. The first kappa shape index (κ1) is 15.5. The molecule has 0 saturated heterocycles. The van der Waals surface area contributed by atoms with Crippen molar-refractivity contribution in [3.05, 3.63) is 20.8 Å². The lowest BCUT2D eigenvalue weighted by Crippen LogP contribution is -2.40. The van der Waals surface area contributed by atoms with E-state index in [4.69, 9.17) is 0 Å². The Hall–Kier alpha value is -0.550. The van der Waals surface area contributed by atoms with Gasteiger partial charge in [-0.05, 0) is 35.3 Å². The summed E-state index contributed by atoms with van der Waals surface area (Å²) in [6.45, 7) is 4.82. The van der Waals surface area contributed by atoms with Gasteiger partial charge in [0.05, 0.1) is 6.54 Å². The van der Waals surface area contributed by atoms with Crippen LogP contribution in [0.25, 0.3) is 0 Å². The second-order valence-electron chi connectivity index (χ2n) is 4.46. The third kappa shape index (κ3) is 6.40. The Bertz CT molecular complexity index is 368. The molecule has 0 aromatic carbocycles. The van der Waals surface area contributed by atoms with Crippen LogP contribution in [0.1, 0.15) is 44.4 Å². The molecule has 0 aliphatic heterocycles. The fraction of sp³-hybridized carbons (Fsp3) is 0.615.